The van der Waals surface area contributed by atoms with Gasteiger partial charge in [0.2, 0.25) is 0 Å². The van der Waals surface area contributed by atoms with Crippen LogP contribution >= 0.6 is 15.1 Å². The third-order valence-corrected chi connectivity index (χ3v) is 9.33. The van der Waals surface area contributed by atoms with E-state index < -0.39 is 51.8 Å². The Hall–Kier alpha value is -2.58. The van der Waals surface area contributed by atoms with Crippen LogP contribution in [0.5, 0.6) is 0 Å². The maximum absolute atomic E-state index is 12.1. The first-order chi connectivity index (χ1) is 16.2. The standard InChI is InChI=1S/C9H15O7P.C9H15O6P.H2O2.H2O/c1-7(16-14)6-17(15,4-2-8(10)11)5-3-9(12)13;1-7(15-14)6-16(4-2-8(10)11)5-3-9(12)13;1-2;/h14H,1-6H2,(H,10,11)(H,12,13);14H,1-6H2,(H,10,11)(H,12,13);1-2H;1H2/p-6. The van der Waals surface area contributed by atoms with E-state index in [0.29, 0.717) is 0 Å². The third-order valence-electron chi connectivity index (χ3n) is 3.81. The molecule has 0 aromatic carbocycles. The molecule has 0 unspecified atom stereocenters. The maximum atomic E-state index is 12.1. The van der Waals surface area contributed by atoms with Crippen LogP contribution in [-0.4, -0.2) is 76.8 Å². The monoisotopic (exact) mass is 562 g/mol. The zero-order valence-corrected chi connectivity index (χ0v) is 20.9. The number of carbonyl (C=O) groups is 4. The van der Waals surface area contributed by atoms with E-state index in [0.717, 1.165) is 0 Å². The lowest BCUT2D eigenvalue weighted by Crippen LogP contribution is -2.25. The van der Waals surface area contributed by atoms with Crippen LogP contribution in [0, 0.1) is 0 Å². The fourth-order valence-corrected chi connectivity index (χ4v) is 6.76. The Labute approximate surface area is 207 Å². The molecule has 0 saturated heterocycles. The van der Waals surface area contributed by atoms with Gasteiger partial charge in [0.25, 0.3) is 0 Å². The predicted octanol–water partition coefficient (Wildman–Crippen LogP) is -5.82. The molecule has 0 aromatic heterocycles. The lowest BCUT2D eigenvalue weighted by Gasteiger charge is -2.21. The molecule has 0 rings (SSSR count). The minimum Gasteiger partial charge on any atom is -0.664 e. The molecule has 0 bridgehead atoms. The molecule has 18 heteroatoms. The van der Waals surface area contributed by atoms with Crippen molar-refractivity contribution in [1.29, 1.82) is 0 Å². The second kappa shape index (κ2) is 24.1. The second-order valence-corrected chi connectivity index (χ2v) is 12.6. The molecule has 0 amide bonds. The molecule has 0 spiro atoms. The highest BCUT2D eigenvalue weighted by Crippen LogP contribution is 2.48. The van der Waals surface area contributed by atoms with Gasteiger partial charge < -0.3 is 69.9 Å². The van der Waals surface area contributed by atoms with Crippen molar-refractivity contribution in [3.63, 3.8) is 0 Å². The Morgan fingerprint density at radius 3 is 1.33 bits per heavy atom. The van der Waals surface area contributed by atoms with E-state index in [4.69, 9.17) is 10.5 Å². The van der Waals surface area contributed by atoms with Gasteiger partial charge in [-0.15, -0.1) is 0 Å². The van der Waals surface area contributed by atoms with Gasteiger partial charge in [-0.3, -0.25) is 10.5 Å². The van der Waals surface area contributed by atoms with Crippen LogP contribution in [0.25, 0.3) is 0 Å². The van der Waals surface area contributed by atoms with Crippen molar-refractivity contribution >= 4 is 38.9 Å². The summed E-state index contributed by atoms with van der Waals surface area (Å²) in [7, 11) is -4.10. The molecule has 0 radical (unpaired) electrons. The van der Waals surface area contributed by atoms with Gasteiger partial charge in [-0.25, -0.2) is 0 Å². The average molecular weight is 562 g/mol. The highest BCUT2D eigenvalue weighted by atomic mass is 31.2. The average Bonchev–Trinajstić information content (AvgIpc) is 2.79. The van der Waals surface area contributed by atoms with Crippen LogP contribution in [0.1, 0.15) is 25.7 Å². The number of carboxylic acids is 4. The van der Waals surface area contributed by atoms with Crippen molar-refractivity contribution in [3.05, 3.63) is 24.7 Å². The third kappa shape index (κ3) is 27.7. The van der Waals surface area contributed by atoms with Crippen LogP contribution in [0.4, 0.5) is 0 Å². The van der Waals surface area contributed by atoms with Crippen molar-refractivity contribution < 1.29 is 80.4 Å². The normalized spacial score (nSPS) is 9.81. The Morgan fingerprint density at radius 1 is 0.722 bits per heavy atom. The molecule has 212 valence electrons. The summed E-state index contributed by atoms with van der Waals surface area (Å²) in [5.74, 6) is -5.52. The lowest BCUT2D eigenvalue weighted by molar-refractivity contribution is -0.671. The van der Waals surface area contributed by atoms with Gasteiger partial charge in [-0.05, 0) is 38.0 Å². The van der Waals surface area contributed by atoms with E-state index in [-0.39, 0.29) is 66.8 Å². The van der Waals surface area contributed by atoms with E-state index >= 15 is 0 Å². The van der Waals surface area contributed by atoms with Crippen LogP contribution in [-0.2, 0) is 33.5 Å². The van der Waals surface area contributed by atoms with E-state index in [2.05, 4.69) is 22.9 Å². The summed E-state index contributed by atoms with van der Waals surface area (Å²) in [6, 6.07) is 0. The summed E-state index contributed by atoms with van der Waals surface area (Å²) in [5.41, 5.74) is 0. The maximum Gasteiger partial charge on any atom is 0.0957 e. The Balaban J connectivity index is -0.000000259. The van der Waals surface area contributed by atoms with Gasteiger partial charge in [-0.2, -0.15) is 0 Å². The summed E-state index contributed by atoms with van der Waals surface area (Å²) in [6.45, 7) is 6.50. The molecule has 0 aliphatic heterocycles. The fraction of sp³-hybridized carbons (Fsp3) is 0.556. The minimum absolute atomic E-state index is 0. The first-order valence-corrected chi connectivity index (χ1v) is 13.6. The molecule has 36 heavy (non-hydrogen) atoms. The summed E-state index contributed by atoms with van der Waals surface area (Å²) < 4.78 is 12.1. The smallest absolute Gasteiger partial charge is 0.0957 e. The van der Waals surface area contributed by atoms with Gasteiger partial charge in [0.05, 0.1) is 24.8 Å². The number of carbonyl (C=O) groups excluding carboxylic acids is 4. The number of hydrogen-bond donors (Lipinski definition) is 2. The number of carboxylic acid groups (broad SMARTS) is 4. The first kappa shape index (κ1) is 40.6. The number of aliphatic carboxylic acids is 4. The molecule has 0 atom stereocenters. The number of rotatable bonds is 18. The van der Waals surface area contributed by atoms with Crippen molar-refractivity contribution in [2.45, 2.75) is 25.7 Å². The number of allylic oxidation sites excluding steroid dienone is 2. The van der Waals surface area contributed by atoms with E-state index in [9.17, 15) is 54.7 Å². The molecule has 0 aromatic rings. The highest BCUT2D eigenvalue weighted by Gasteiger charge is 2.23. The lowest BCUT2D eigenvalue weighted by atomic mass is 10.5. The van der Waals surface area contributed by atoms with Crippen LogP contribution in [0.15, 0.2) is 24.7 Å². The molecular formula is C18H28O16P2-6. The molecule has 16 nitrogen and oxygen atoms in total. The van der Waals surface area contributed by atoms with Crippen molar-refractivity contribution in [2.75, 3.05) is 37.0 Å². The van der Waals surface area contributed by atoms with Gasteiger partial charge >= 0.3 is 0 Å². The first-order valence-electron chi connectivity index (χ1n) is 9.48. The minimum atomic E-state index is -3.17. The molecule has 0 aliphatic rings. The fourth-order valence-electron chi connectivity index (χ4n) is 2.25. The second-order valence-electron chi connectivity index (χ2n) is 6.67. The van der Waals surface area contributed by atoms with Gasteiger partial charge in [0.15, 0.2) is 0 Å². The largest absolute Gasteiger partial charge is 0.664 e. The SMILES string of the molecule is C=C(CP(=O)(CCC(=O)[O-])CCC(=O)[O-])O[O-].C=C(CP(CCC(=O)[O-])CCC(=O)[O-])O[O-].O.OO. The quantitative estimate of drug-likeness (QED) is 0.0680. The van der Waals surface area contributed by atoms with E-state index in [1.54, 1.807) is 0 Å². The topological polar surface area (TPSA) is 314 Å². The van der Waals surface area contributed by atoms with Crippen LogP contribution < -0.4 is 30.9 Å². The molecular weight excluding hydrogens is 534 g/mol. The zero-order chi connectivity index (χ0) is 28.0. The van der Waals surface area contributed by atoms with E-state index in [1.807, 2.05) is 0 Å². The Kier molecular flexibility index (Phi) is 27.2. The molecule has 4 N–H and O–H groups in total. The van der Waals surface area contributed by atoms with Crippen molar-refractivity contribution in [2.24, 2.45) is 0 Å². The van der Waals surface area contributed by atoms with E-state index in [1.165, 1.54) is 0 Å². The summed E-state index contributed by atoms with van der Waals surface area (Å²) >= 11 is 0. The summed E-state index contributed by atoms with van der Waals surface area (Å²) in [4.78, 5) is 48.2. The zero-order valence-electron chi connectivity index (χ0n) is 19.1. The van der Waals surface area contributed by atoms with Crippen LogP contribution in [0.3, 0.4) is 0 Å². The highest BCUT2D eigenvalue weighted by molar-refractivity contribution is 7.64. The van der Waals surface area contributed by atoms with Gasteiger partial charge in [0, 0.05) is 42.4 Å². The van der Waals surface area contributed by atoms with Crippen LogP contribution in [0.2, 0.25) is 0 Å². The summed E-state index contributed by atoms with van der Waals surface area (Å²) in [5, 5.41) is 73.0. The summed E-state index contributed by atoms with van der Waals surface area (Å²) in [6.07, 6.45) is -1.35. The molecule has 0 saturated carbocycles. The van der Waals surface area contributed by atoms with Gasteiger partial charge in [0.1, 0.15) is 0 Å². The molecule has 0 aliphatic carbocycles. The predicted molar refractivity (Wildman–Crippen MR) is 112 cm³/mol. The van der Waals surface area contributed by atoms with Crippen molar-refractivity contribution in [3.8, 4) is 0 Å². The van der Waals surface area contributed by atoms with Crippen molar-refractivity contribution in [1.82, 2.24) is 0 Å². The Morgan fingerprint density at radius 2 is 1.06 bits per heavy atom. The molecule has 0 fully saturated rings. The van der Waals surface area contributed by atoms with Gasteiger partial charge in [-0.1, -0.05) is 21.1 Å². The molecule has 0 heterocycles. The Bertz CT molecular complexity index is 699. The number of hydrogen-bond acceptors (Lipinski definition) is 15.